The molecule has 2 aliphatic heterocycles. The van der Waals surface area contributed by atoms with Crippen molar-refractivity contribution in [3.63, 3.8) is 0 Å². The number of nitro groups is 1. The van der Waals surface area contributed by atoms with Crippen molar-refractivity contribution >= 4 is 28.7 Å². The second kappa shape index (κ2) is 5.68. The summed E-state index contributed by atoms with van der Waals surface area (Å²) in [5.74, 6) is 0.726. The maximum atomic E-state index is 11.1. The fourth-order valence-corrected chi connectivity index (χ4v) is 3.41. The Morgan fingerprint density at radius 2 is 2.08 bits per heavy atom. The molecule has 2 unspecified atom stereocenters. The molecule has 2 heterocycles. The van der Waals surface area contributed by atoms with E-state index in [1.165, 1.54) is 6.07 Å². The summed E-state index contributed by atoms with van der Waals surface area (Å²) in [7, 11) is 0. The molecule has 0 saturated heterocycles. The summed E-state index contributed by atoms with van der Waals surface area (Å²) in [5.41, 5.74) is 2.65. The molecule has 0 spiro atoms. The SMILES string of the molecule is O=[N+]([O-])c1cccc(C2NC(=S)N=C3c4ccccc4OCC32)c1. The third-order valence-corrected chi connectivity index (χ3v) is 4.49. The quantitative estimate of drug-likeness (QED) is 0.517. The zero-order chi connectivity index (χ0) is 16.7. The van der Waals surface area contributed by atoms with Crippen LogP contribution in [0.3, 0.4) is 0 Å². The molecule has 0 bridgehead atoms. The van der Waals surface area contributed by atoms with Gasteiger partial charge in [-0.2, -0.15) is 0 Å². The summed E-state index contributed by atoms with van der Waals surface area (Å²) in [5, 5.41) is 14.6. The Morgan fingerprint density at radius 1 is 1.25 bits per heavy atom. The van der Waals surface area contributed by atoms with Gasteiger partial charge >= 0.3 is 0 Å². The van der Waals surface area contributed by atoms with E-state index in [1.807, 2.05) is 30.3 Å². The Kier molecular flexibility index (Phi) is 3.50. The van der Waals surface area contributed by atoms with E-state index >= 15 is 0 Å². The number of benzene rings is 2. The predicted octanol–water partition coefficient (Wildman–Crippen LogP) is 3.02. The highest BCUT2D eigenvalue weighted by Gasteiger charge is 2.37. The first-order chi connectivity index (χ1) is 11.6. The molecule has 7 heteroatoms. The zero-order valence-corrected chi connectivity index (χ0v) is 13.3. The standard InChI is InChI=1S/C17H13N3O3S/c21-20(22)11-5-3-4-10(8-11)15-13-9-23-14-7-2-1-6-12(14)16(13)19-17(24)18-15/h1-8,13,15H,9H2,(H,18,24). The van der Waals surface area contributed by atoms with Crippen molar-refractivity contribution in [3.05, 3.63) is 69.8 Å². The second-order valence-corrected chi connectivity index (χ2v) is 6.08. The van der Waals surface area contributed by atoms with Crippen LogP contribution in [0.4, 0.5) is 5.69 Å². The van der Waals surface area contributed by atoms with Crippen LogP contribution >= 0.6 is 12.2 Å². The fourth-order valence-electron chi connectivity index (χ4n) is 3.18. The van der Waals surface area contributed by atoms with Crippen LogP contribution in [0.15, 0.2) is 53.5 Å². The lowest BCUT2D eigenvalue weighted by molar-refractivity contribution is -0.384. The number of fused-ring (bicyclic) bond motifs is 3. The van der Waals surface area contributed by atoms with Crippen molar-refractivity contribution in [1.82, 2.24) is 5.32 Å². The highest BCUT2D eigenvalue weighted by Crippen LogP contribution is 2.37. The number of nitrogens with zero attached hydrogens (tertiary/aromatic N) is 2. The maximum absolute atomic E-state index is 11.1. The van der Waals surface area contributed by atoms with Crippen LogP contribution in [0, 0.1) is 16.0 Å². The van der Waals surface area contributed by atoms with Gasteiger partial charge in [-0.05, 0) is 29.9 Å². The summed E-state index contributed by atoms with van der Waals surface area (Å²) in [6.45, 7) is 0.443. The number of hydrogen-bond acceptors (Lipinski definition) is 4. The van der Waals surface area contributed by atoms with Crippen LogP contribution in [-0.4, -0.2) is 22.4 Å². The number of hydrogen-bond donors (Lipinski definition) is 1. The van der Waals surface area contributed by atoms with Crippen LogP contribution in [0.1, 0.15) is 17.2 Å². The van der Waals surface area contributed by atoms with Gasteiger partial charge in [-0.3, -0.25) is 10.1 Å². The minimum absolute atomic E-state index is 0.0569. The molecule has 1 N–H and O–H groups in total. The summed E-state index contributed by atoms with van der Waals surface area (Å²) in [6.07, 6.45) is 0. The first kappa shape index (κ1) is 14.8. The van der Waals surface area contributed by atoms with Crippen molar-refractivity contribution in [2.45, 2.75) is 6.04 Å². The lowest BCUT2D eigenvalue weighted by Crippen LogP contribution is -2.45. The molecule has 0 saturated carbocycles. The maximum Gasteiger partial charge on any atom is 0.269 e. The van der Waals surface area contributed by atoms with Crippen molar-refractivity contribution in [2.75, 3.05) is 6.61 Å². The van der Waals surface area contributed by atoms with Crippen molar-refractivity contribution in [3.8, 4) is 5.75 Å². The summed E-state index contributed by atoms with van der Waals surface area (Å²) in [4.78, 5) is 15.2. The molecule has 2 aliphatic rings. The van der Waals surface area contributed by atoms with Gasteiger partial charge in [-0.25, -0.2) is 4.99 Å². The van der Waals surface area contributed by atoms with Crippen LogP contribution in [0.2, 0.25) is 0 Å². The third kappa shape index (κ3) is 2.43. The van der Waals surface area contributed by atoms with Gasteiger partial charge in [-0.1, -0.05) is 24.3 Å². The average molecular weight is 339 g/mol. The molecule has 24 heavy (non-hydrogen) atoms. The molecule has 120 valence electrons. The van der Waals surface area contributed by atoms with Gasteiger partial charge < -0.3 is 10.1 Å². The van der Waals surface area contributed by atoms with E-state index in [9.17, 15) is 10.1 Å². The lowest BCUT2D eigenvalue weighted by atomic mass is 9.83. The lowest BCUT2D eigenvalue weighted by Gasteiger charge is -2.36. The van der Waals surface area contributed by atoms with Crippen molar-refractivity contribution < 1.29 is 9.66 Å². The van der Waals surface area contributed by atoms with E-state index in [4.69, 9.17) is 17.0 Å². The minimum Gasteiger partial charge on any atom is -0.492 e. The van der Waals surface area contributed by atoms with Crippen molar-refractivity contribution in [2.24, 2.45) is 10.9 Å². The molecular formula is C17H13N3O3S. The number of ether oxygens (including phenoxy) is 1. The summed E-state index contributed by atoms with van der Waals surface area (Å²) < 4.78 is 5.86. The van der Waals surface area contributed by atoms with Crippen LogP contribution in [0.25, 0.3) is 0 Å². The van der Waals surface area contributed by atoms with E-state index in [2.05, 4.69) is 10.3 Å². The molecule has 2 aromatic rings. The van der Waals surface area contributed by atoms with Gasteiger partial charge in [0.2, 0.25) is 0 Å². The monoisotopic (exact) mass is 339 g/mol. The number of para-hydroxylation sites is 1. The second-order valence-electron chi connectivity index (χ2n) is 5.69. The van der Waals surface area contributed by atoms with E-state index in [-0.39, 0.29) is 17.6 Å². The molecule has 0 aliphatic carbocycles. The largest absolute Gasteiger partial charge is 0.492 e. The number of thiocarbonyl (C=S) groups is 1. The Balaban J connectivity index is 1.78. The van der Waals surface area contributed by atoms with E-state index in [1.54, 1.807) is 12.1 Å². The molecular weight excluding hydrogens is 326 g/mol. The molecule has 0 fully saturated rings. The molecule has 6 nitrogen and oxygen atoms in total. The number of aliphatic imine (C=N–C) groups is 1. The smallest absolute Gasteiger partial charge is 0.269 e. The van der Waals surface area contributed by atoms with Crippen LogP contribution in [-0.2, 0) is 0 Å². The third-order valence-electron chi connectivity index (χ3n) is 4.28. The highest BCUT2D eigenvalue weighted by molar-refractivity contribution is 7.80. The number of non-ortho nitro benzene ring substituents is 1. The van der Waals surface area contributed by atoms with Gasteiger partial charge in [0.05, 0.1) is 29.2 Å². The Labute approximate surface area is 143 Å². The van der Waals surface area contributed by atoms with Gasteiger partial charge in [0, 0.05) is 17.7 Å². The Bertz CT molecular complexity index is 881. The predicted molar refractivity (Wildman–Crippen MR) is 93.5 cm³/mol. The molecule has 4 rings (SSSR count). The first-order valence-electron chi connectivity index (χ1n) is 7.49. The minimum atomic E-state index is -0.397. The Hall–Kier alpha value is -2.80. The van der Waals surface area contributed by atoms with Crippen LogP contribution in [0.5, 0.6) is 5.75 Å². The molecule has 2 aromatic carbocycles. The van der Waals surface area contributed by atoms with Gasteiger partial charge in [-0.15, -0.1) is 0 Å². The van der Waals surface area contributed by atoms with E-state index in [0.717, 1.165) is 22.6 Å². The fraction of sp³-hybridized carbons (Fsp3) is 0.176. The van der Waals surface area contributed by atoms with Crippen molar-refractivity contribution in [1.29, 1.82) is 0 Å². The van der Waals surface area contributed by atoms with Gasteiger partial charge in [0.15, 0.2) is 5.11 Å². The molecule has 2 atom stereocenters. The number of nitro benzene ring substituents is 1. The zero-order valence-electron chi connectivity index (χ0n) is 12.5. The van der Waals surface area contributed by atoms with Gasteiger partial charge in [0.1, 0.15) is 5.75 Å². The van der Waals surface area contributed by atoms with E-state index in [0.29, 0.717) is 11.7 Å². The number of rotatable bonds is 2. The molecule has 0 radical (unpaired) electrons. The number of nitrogens with one attached hydrogen (secondary N) is 1. The molecule has 0 aromatic heterocycles. The van der Waals surface area contributed by atoms with Gasteiger partial charge in [0.25, 0.3) is 5.69 Å². The highest BCUT2D eigenvalue weighted by atomic mass is 32.1. The topological polar surface area (TPSA) is 76.8 Å². The first-order valence-corrected chi connectivity index (χ1v) is 7.90. The van der Waals surface area contributed by atoms with Crippen LogP contribution < -0.4 is 10.1 Å². The Morgan fingerprint density at radius 3 is 2.92 bits per heavy atom. The molecule has 0 amide bonds. The summed E-state index contributed by atoms with van der Waals surface area (Å²) >= 11 is 5.29. The summed E-state index contributed by atoms with van der Waals surface area (Å²) in [6, 6.07) is 14.1. The van der Waals surface area contributed by atoms with E-state index < -0.39 is 4.92 Å². The average Bonchev–Trinajstić information content (AvgIpc) is 2.61. The normalized spacial score (nSPS) is 21.7.